The van der Waals surface area contributed by atoms with E-state index in [1.54, 1.807) is 0 Å². The van der Waals surface area contributed by atoms with Gasteiger partial charge in [0.25, 0.3) is 0 Å². The van der Waals surface area contributed by atoms with Gasteiger partial charge in [-0.3, -0.25) is 37.3 Å². The molecule has 102 heavy (non-hydrogen) atoms. The number of aliphatic hydroxyl groups is 1. The van der Waals surface area contributed by atoms with E-state index in [9.17, 15) is 43.2 Å². The minimum atomic E-state index is -4.96. The summed E-state index contributed by atoms with van der Waals surface area (Å²) in [6, 6.07) is 0. The maximum atomic E-state index is 13.1. The summed E-state index contributed by atoms with van der Waals surface area (Å²) in [5, 5.41) is 10.7. The van der Waals surface area contributed by atoms with Crippen LogP contribution in [0.1, 0.15) is 428 Å². The molecule has 17 nitrogen and oxygen atoms in total. The molecule has 6 atom stereocenters. The summed E-state index contributed by atoms with van der Waals surface area (Å²) in [5.41, 5.74) is 0. The Hall–Kier alpha value is -1.94. The van der Waals surface area contributed by atoms with Crippen molar-refractivity contribution in [3.63, 3.8) is 0 Å². The Labute approximate surface area is 626 Å². The van der Waals surface area contributed by atoms with Gasteiger partial charge in [0.05, 0.1) is 26.4 Å². The first-order chi connectivity index (χ1) is 49.1. The average molecular weight is 1490 g/mol. The second kappa shape index (κ2) is 72.0. The molecule has 0 heterocycles. The predicted molar refractivity (Wildman–Crippen MR) is 418 cm³/mol. The summed E-state index contributed by atoms with van der Waals surface area (Å²) in [6.07, 6.45) is 59.7. The molecule has 0 fully saturated rings. The molecule has 0 spiro atoms. The van der Waals surface area contributed by atoms with Gasteiger partial charge >= 0.3 is 39.5 Å². The second-order valence-electron chi connectivity index (χ2n) is 31.5. The topological polar surface area (TPSA) is 237 Å². The van der Waals surface area contributed by atoms with Gasteiger partial charge in [0.1, 0.15) is 19.3 Å². The van der Waals surface area contributed by atoms with Crippen LogP contribution >= 0.6 is 15.6 Å². The standard InChI is InChI=1S/C83H162O17P2/c1-9-76(8)62-54-46-41-42-48-56-64-81(86)94-70-79(100-83(88)66-58-50-40-34-28-22-25-31-37-45-53-61-75(6)7)72-98-102(91,92)96-68-77(84)67-95-101(89,90)97-71-78(99-82(87)65-57-49-39-33-27-21-17-13-11-15-19-24-30-36-44-52-60-74(4)5)69-93-80(85)63-55-47-38-32-26-20-16-12-10-14-18-23-29-35-43-51-59-73(2)3/h73-79,84H,9-72H2,1-8H3,(H,89,90)(H,91,92)/t76?,77-,78-,79-/m1/s1. The van der Waals surface area contributed by atoms with Gasteiger partial charge in [-0.1, -0.05) is 376 Å². The lowest BCUT2D eigenvalue weighted by atomic mass is 10.00. The molecule has 0 aliphatic heterocycles. The van der Waals surface area contributed by atoms with Gasteiger partial charge in [-0.15, -0.1) is 0 Å². The number of ether oxygens (including phenoxy) is 4. The van der Waals surface area contributed by atoms with Crippen molar-refractivity contribution in [3.8, 4) is 0 Å². The Kier molecular flexibility index (Phi) is 70.6. The van der Waals surface area contributed by atoms with Crippen molar-refractivity contribution in [2.24, 2.45) is 23.7 Å². The Morgan fingerprint density at radius 2 is 0.471 bits per heavy atom. The van der Waals surface area contributed by atoms with Crippen LogP contribution in [-0.4, -0.2) is 96.7 Å². The molecule has 0 aliphatic carbocycles. The number of rotatable bonds is 80. The van der Waals surface area contributed by atoms with Gasteiger partial charge in [-0.25, -0.2) is 9.13 Å². The summed E-state index contributed by atoms with van der Waals surface area (Å²) in [5.74, 6) is 1.01. The Bertz CT molecular complexity index is 1990. The van der Waals surface area contributed by atoms with Gasteiger partial charge < -0.3 is 33.8 Å². The van der Waals surface area contributed by atoms with Crippen LogP contribution in [0, 0.1) is 23.7 Å². The number of phosphoric ester groups is 2. The van der Waals surface area contributed by atoms with Crippen LogP contribution in [0.5, 0.6) is 0 Å². The van der Waals surface area contributed by atoms with Crippen LogP contribution in [0.3, 0.4) is 0 Å². The molecule has 0 aromatic rings. The maximum absolute atomic E-state index is 13.1. The van der Waals surface area contributed by atoms with Crippen LogP contribution in [-0.2, 0) is 65.4 Å². The fourth-order valence-corrected chi connectivity index (χ4v) is 14.3. The first-order valence-electron chi connectivity index (χ1n) is 42.7. The van der Waals surface area contributed by atoms with Crippen LogP contribution < -0.4 is 0 Å². The Morgan fingerprint density at radius 3 is 0.696 bits per heavy atom. The van der Waals surface area contributed by atoms with Crippen molar-refractivity contribution in [1.29, 1.82) is 0 Å². The molecule has 0 saturated heterocycles. The Balaban J connectivity index is 5.24. The summed E-state index contributed by atoms with van der Waals surface area (Å²) in [6.45, 7) is 14.3. The third kappa shape index (κ3) is 74.9. The van der Waals surface area contributed by atoms with Gasteiger partial charge in [-0.05, 0) is 49.4 Å². The van der Waals surface area contributed by atoms with Gasteiger partial charge in [0, 0.05) is 25.7 Å². The first-order valence-corrected chi connectivity index (χ1v) is 45.7. The maximum Gasteiger partial charge on any atom is 0.472 e. The molecule has 3 N–H and O–H groups in total. The van der Waals surface area contributed by atoms with Gasteiger partial charge in [-0.2, -0.15) is 0 Å². The highest BCUT2D eigenvalue weighted by molar-refractivity contribution is 7.47. The van der Waals surface area contributed by atoms with Crippen molar-refractivity contribution < 1.29 is 80.2 Å². The highest BCUT2D eigenvalue weighted by Gasteiger charge is 2.30. The SMILES string of the molecule is CCC(C)CCCCCCCCC(=O)OC[C@H](COP(=O)(O)OC[C@H](O)COP(=O)(O)OC[C@@H](COC(=O)CCCCCCCCCCCCCCCCCCC(C)C)OC(=O)CCCCCCCCCCCCCCCCCCC(C)C)OC(=O)CCCCCCCCCCCCCC(C)C. The van der Waals surface area contributed by atoms with E-state index < -0.39 is 97.5 Å². The van der Waals surface area contributed by atoms with Crippen LogP contribution in [0.2, 0.25) is 0 Å². The molecule has 0 aromatic heterocycles. The van der Waals surface area contributed by atoms with Crippen molar-refractivity contribution in [1.82, 2.24) is 0 Å². The van der Waals surface area contributed by atoms with Crippen LogP contribution in [0.15, 0.2) is 0 Å². The molecule has 0 aliphatic rings. The highest BCUT2D eigenvalue weighted by Crippen LogP contribution is 2.45. The molecular weight excluding hydrogens is 1330 g/mol. The molecule has 19 heteroatoms. The van der Waals surface area contributed by atoms with E-state index in [2.05, 4.69) is 55.4 Å². The third-order valence-corrected chi connectivity index (χ3v) is 21.6. The molecule has 0 saturated carbocycles. The van der Waals surface area contributed by atoms with Crippen molar-refractivity contribution >= 4 is 39.5 Å². The second-order valence-corrected chi connectivity index (χ2v) is 34.4. The molecule has 0 aromatic carbocycles. The number of hydrogen-bond donors (Lipinski definition) is 3. The molecule has 606 valence electrons. The van der Waals surface area contributed by atoms with E-state index in [1.807, 2.05) is 0 Å². The van der Waals surface area contributed by atoms with E-state index >= 15 is 0 Å². The molecule has 0 rings (SSSR count). The number of carbonyl (C=O) groups is 4. The number of esters is 4. The van der Waals surface area contributed by atoms with Gasteiger partial charge in [0.2, 0.25) is 0 Å². The minimum absolute atomic E-state index is 0.105. The zero-order chi connectivity index (χ0) is 75.3. The van der Waals surface area contributed by atoms with Crippen molar-refractivity contribution in [3.05, 3.63) is 0 Å². The summed E-state index contributed by atoms with van der Waals surface area (Å²) in [7, 11) is -9.92. The number of carbonyl (C=O) groups excluding carboxylic acids is 4. The average Bonchev–Trinajstić information content (AvgIpc) is 0.913. The fraction of sp³-hybridized carbons (Fsp3) is 0.952. The zero-order valence-electron chi connectivity index (χ0n) is 67.2. The number of hydrogen-bond acceptors (Lipinski definition) is 15. The normalized spacial score (nSPS) is 14.3. The van der Waals surface area contributed by atoms with Gasteiger partial charge in [0.15, 0.2) is 12.2 Å². The molecular formula is C83H162O17P2. The summed E-state index contributed by atoms with van der Waals surface area (Å²) >= 11 is 0. The minimum Gasteiger partial charge on any atom is -0.462 e. The summed E-state index contributed by atoms with van der Waals surface area (Å²) in [4.78, 5) is 73.1. The molecule has 0 radical (unpaired) electrons. The largest absolute Gasteiger partial charge is 0.472 e. The van der Waals surface area contributed by atoms with Crippen LogP contribution in [0.4, 0.5) is 0 Å². The smallest absolute Gasteiger partial charge is 0.462 e. The monoisotopic (exact) mass is 1490 g/mol. The highest BCUT2D eigenvalue weighted by atomic mass is 31.2. The lowest BCUT2D eigenvalue weighted by molar-refractivity contribution is -0.161. The predicted octanol–water partition coefficient (Wildman–Crippen LogP) is 24.8. The first kappa shape index (κ1) is 100. The lowest BCUT2D eigenvalue weighted by Crippen LogP contribution is -2.30. The molecule has 3 unspecified atom stereocenters. The number of phosphoric acid groups is 2. The van der Waals surface area contributed by atoms with E-state index in [0.29, 0.717) is 25.7 Å². The third-order valence-electron chi connectivity index (χ3n) is 19.7. The van der Waals surface area contributed by atoms with E-state index in [4.69, 9.17) is 37.0 Å². The lowest BCUT2D eigenvalue weighted by Gasteiger charge is -2.21. The van der Waals surface area contributed by atoms with Crippen LogP contribution in [0.25, 0.3) is 0 Å². The summed E-state index contributed by atoms with van der Waals surface area (Å²) < 4.78 is 68.8. The van der Waals surface area contributed by atoms with E-state index in [-0.39, 0.29) is 25.7 Å². The van der Waals surface area contributed by atoms with Crippen molar-refractivity contribution in [2.75, 3.05) is 39.6 Å². The zero-order valence-corrected chi connectivity index (χ0v) is 69.0. The Morgan fingerprint density at radius 1 is 0.275 bits per heavy atom. The van der Waals surface area contributed by atoms with E-state index in [0.717, 1.165) is 120 Å². The van der Waals surface area contributed by atoms with Crippen molar-refractivity contribution in [2.45, 2.75) is 446 Å². The molecule has 0 bridgehead atoms. The number of aliphatic hydroxyl groups excluding tert-OH is 1. The number of unbranched alkanes of at least 4 members (excludes halogenated alkanes) is 45. The molecule has 0 amide bonds. The fourth-order valence-electron chi connectivity index (χ4n) is 12.8. The van der Waals surface area contributed by atoms with E-state index in [1.165, 1.54) is 225 Å². The quantitative estimate of drug-likeness (QED) is 0.0222.